The lowest BCUT2D eigenvalue weighted by atomic mass is 10.1. The Balaban J connectivity index is 1.84. The molecule has 0 aromatic rings. The van der Waals surface area contributed by atoms with Crippen LogP contribution in [0.15, 0.2) is 0 Å². The molecule has 0 radical (unpaired) electrons. The van der Waals surface area contributed by atoms with Crippen LogP contribution in [0.2, 0.25) is 0 Å². The summed E-state index contributed by atoms with van der Waals surface area (Å²) in [6.07, 6.45) is 6.74. The molecule has 1 unspecified atom stereocenters. The topological polar surface area (TPSA) is 52.6 Å². The number of aliphatic hydroxyl groups is 1. The minimum atomic E-state index is 0.181. The van der Waals surface area contributed by atoms with E-state index in [4.69, 9.17) is 5.11 Å². The molecular weight excluding hydrogens is 204 g/mol. The van der Waals surface area contributed by atoms with Crippen LogP contribution in [-0.2, 0) is 4.79 Å². The zero-order chi connectivity index (χ0) is 11.4. The number of rotatable bonds is 5. The van der Waals surface area contributed by atoms with Crippen molar-refractivity contribution in [3.8, 4) is 0 Å². The molecular formula is C12H22N2O2. The molecule has 1 saturated heterocycles. The SMILES string of the molecule is O=C1CCC(CN(CCO)C2CCCC2)N1. The largest absolute Gasteiger partial charge is 0.395 e. The second-order valence-corrected chi connectivity index (χ2v) is 4.96. The maximum absolute atomic E-state index is 11.1. The maximum atomic E-state index is 11.1. The summed E-state index contributed by atoms with van der Waals surface area (Å²) in [6, 6.07) is 0.935. The van der Waals surface area contributed by atoms with Crippen molar-refractivity contribution in [1.82, 2.24) is 10.2 Å². The summed E-state index contributed by atoms with van der Waals surface area (Å²) in [6.45, 7) is 1.88. The molecule has 92 valence electrons. The lowest BCUT2D eigenvalue weighted by Crippen LogP contribution is -2.44. The third-order valence-electron chi connectivity index (χ3n) is 3.77. The number of aliphatic hydroxyl groups excluding tert-OH is 1. The van der Waals surface area contributed by atoms with Gasteiger partial charge in [-0.25, -0.2) is 0 Å². The van der Waals surface area contributed by atoms with Gasteiger partial charge in [0.2, 0.25) is 5.91 Å². The third-order valence-corrected chi connectivity index (χ3v) is 3.77. The molecule has 1 atom stereocenters. The van der Waals surface area contributed by atoms with Gasteiger partial charge in [-0.05, 0) is 19.3 Å². The van der Waals surface area contributed by atoms with Gasteiger partial charge in [0, 0.05) is 31.6 Å². The van der Waals surface area contributed by atoms with Gasteiger partial charge in [-0.1, -0.05) is 12.8 Å². The van der Waals surface area contributed by atoms with E-state index in [-0.39, 0.29) is 12.5 Å². The van der Waals surface area contributed by atoms with Gasteiger partial charge in [-0.3, -0.25) is 9.69 Å². The minimum Gasteiger partial charge on any atom is -0.395 e. The Hall–Kier alpha value is -0.610. The number of nitrogens with zero attached hydrogens (tertiary/aromatic N) is 1. The fourth-order valence-electron chi connectivity index (χ4n) is 2.92. The summed E-state index contributed by atoms with van der Waals surface area (Å²) < 4.78 is 0. The number of hydrogen-bond acceptors (Lipinski definition) is 3. The van der Waals surface area contributed by atoms with Gasteiger partial charge in [-0.2, -0.15) is 0 Å². The van der Waals surface area contributed by atoms with Crippen LogP contribution in [0.1, 0.15) is 38.5 Å². The molecule has 0 bridgehead atoms. The first kappa shape index (κ1) is 11.9. The van der Waals surface area contributed by atoms with Gasteiger partial charge in [0.15, 0.2) is 0 Å². The predicted octanol–water partition coefficient (Wildman–Crippen LogP) is 0.502. The van der Waals surface area contributed by atoms with Gasteiger partial charge < -0.3 is 10.4 Å². The molecule has 2 aliphatic rings. The Morgan fingerprint density at radius 3 is 2.62 bits per heavy atom. The Bertz CT molecular complexity index is 239. The summed E-state index contributed by atoms with van der Waals surface area (Å²) in [5.41, 5.74) is 0. The van der Waals surface area contributed by atoms with Gasteiger partial charge in [0.1, 0.15) is 0 Å². The molecule has 0 aromatic carbocycles. The molecule has 1 aliphatic heterocycles. The Labute approximate surface area is 97.0 Å². The standard InChI is InChI=1S/C12H22N2O2/c15-8-7-14(11-3-1-2-4-11)9-10-5-6-12(16)13-10/h10-11,15H,1-9H2,(H,13,16). The average Bonchev–Trinajstić information content (AvgIpc) is 2.88. The highest BCUT2D eigenvalue weighted by atomic mass is 16.3. The molecule has 0 spiro atoms. The van der Waals surface area contributed by atoms with E-state index >= 15 is 0 Å². The molecule has 4 nitrogen and oxygen atoms in total. The molecule has 2 rings (SSSR count). The maximum Gasteiger partial charge on any atom is 0.220 e. The van der Waals surface area contributed by atoms with Crippen molar-refractivity contribution in [1.29, 1.82) is 0 Å². The molecule has 1 amide bonds. The number of carbonyl (C=O) groups is 1. The van der Waals surface area contributed by atoms with E-state index in [1.807, 2.05) is 0 Å². The highest BCUT2D eigenvalue weighted by Crippen LogP contribution is 2.24. The molecule has 4 heteroatoms. The molecule has 2 fully saturated rings. The summed E-state index contributed by atoms with van der Waals surface area (Å²) in [7, 11) is 0. The van der Waals surface area contributed by atoms with Crippen LogP contribution in [0.4, 0.5) is 0 Å². The van der Waals surface area contributed by atoms with Gasteiger partial charge >= 0.3 is 0 Å². The first-order valence-corrected chi connectivity index (χ1v) is 6.44. The lowest BCUT2D eigenvalue weighted by molar-refractivity contribution is -0.119. The van der Waals surface area contributed by atoms with Crippen molar-refractivity contribution in [2.24, 2.45) is 0 Å². The molecule has 1 saturated carbocycles. The monoisotopic (exact) mass is 226 g/mol. The molecule has 2 N–H and O–H groups in total. The van der Waals surface area contributed by atoms with Crippen molar-refractivity contribution in [3.63, 3.8) is 0 Å². The number of hydrogen-bond donors (Lipinski definition) is 2. The second kappa shape index (κ2) is 5.64. The van der Waals surface area contributed by atoms with Crippen molar-refractivity contribution in [3.05, 3.63) is 0 Å². The summed E-state index contributed by atoms with van der Waals surface area (Å²) in [5.74, 6) is 0.181. The zero-order valence-corrected chi connectivity index (χ0v) is 9.82. The third kappa shape index (κ3) is 2.95. The summed E-state index contributed by atoms with van der Waals surface area (Å²) in [5, 5.41) is 12.1. The van der Waals surface area contributed by atoms with Crippen LogP contribution in [-0.4, -0.2) is 47.7 Å². The quantitative estimate of drug-likeness (QED) is 0.718. The normalized spacial score (nSPS) is 26.6. The second-order valence-electron chi connectivity index (χ2n) is 4.96. The molecule has 1 aliphatic carbocycles. The van der Waals surface area contributed by atoms with E-state index in [1.165, 1.54) is 25.7 Å². The van der Waals surface area contributed by atoms with Crippen LogP contribution in [0.3, 0.4) is 0 Å². The van der Waals surface area contributed by atoms with Crippen molar-refractivity contribution in [2.45, 2.75) is 50.6 Å². The molecule has 1 heterocycles. The van der Waals surface area contributed by atoms with E-state index in [1.54, 1.807) is 0 Å². The van der Waals surface area contributed by atoms with Crippen LogP contribution < -0.4 is 5.32 Å². The number of amides is 1. The highest BCUT2D eigenvalue weighted by molar-refractivity contribution is 5.78. The molecule has 0 aromatic heterocycles. The molecule has 16 heavy (non-hydrogen) atoms. The van der Waals surface area contributed by atoms with Crippen LogP contribution >= 0.6 is 0 Å². The van der Waals surface area contributed by atoms with E-state index < -0.39 is 0 Å². The fraction of sp³-hybridized carbons (Fsp3) is 0.917. The van der Waals surface area contributed by atoms with Crippen LogP contribution in [0, 0.1) is 0 Å². The van der Waals surface area contributed by atoms with E-state index in [0.29, 0.717) is 18.5 Å². The Morgan fingerprint density at radius 2 is 2.06 bits per heavy atom. The van der Waals surface area contributed by atoms with Gasteiger partial charge in [0.05, 0.1) is 6.61 Å². The summed E-state index contributed by atoms with van der Waals surface area (Å²) in [4.78, 5) is 13.5. The Morgan fingerprint density at radius 1 is 1.31 bits per heavy atom. The van der Waals surface area contributed by atoms with E-state index in [2.05, 4.69) is 10.2 Å². The van der Waals surface area contributed by atoms with Crippen molar-refractivity contribution >= 4 is 5.91 Å². The van der Waals surface area contributed by atoms with E-state index in [0.717, 1.165) is 19.5 Å². The first-order chi connectivity index (χ1) is 7.79. The first-order valence-electron chi connectivity index (χ1n) is 6.44. The van der Waals surface area contributed by atoms with Crippen LogP contribution in [0.5, 0.6) is 0 Å². The van der Waals surface area contributed by atoms with Crippen LogP contribution in [0.25, 0.3) is 0 Å². The van der Waals surface area contributed by atoms with Crippen molar-refractivity contribution < 1.29 is 9.90 Å². The highest BCUT2D eigenvalue weighted by Gasteiger charge is 2.27. The zero-order valence-electron chi connectivity index (χ0n) is 9.82. The van der Waals surface area contributed by atoms with E-state index in [9.17, 15) is 4.79 Å². The Kier molecular flexibility index (Phi) is 4.18. The lowest BCUT2D eigenvalue weighted by Gasteiger charge is -2.30. The predicted molar refractivity (Wildman–Crippen MR) is 62.1 cm³/mol. The van der Waals surface area contributed by atoms with Crippen molar-refractivity contribution in [2.75, 3.05) is 19.7 Å². The smallest absolute Gasteiger partial charge is 0.220 e. The average molecular weight is 226 g/mol. The summed E-state index contributed by atoms with van der Waals surface area (Å²) >= 11 is 0. The number of carbonyl (C=O) groups excluding carboxylic acids is 1. The fourth-order valence-corrected chi connectivity index (χ4v) is 2.92. The number of nitrogens with one attached hydrogen (secondary N) is 1. The van der Waals surface area contributed by atoms with Gasteiger partial charge in [0.25, 0.3) is 0 Å². The van der Waals surface area contributed by atoms with Gasteiger partial charge in [-0.15, -0.1) is 0 Å². The minimum absolute atomic E-state index is 0.181.